The molecule has 0 radical (unpaired) electrons. The van der Waals surface area contributed by atoms with Crippen LogP contribution in [-0.4, -0.2) is 11.6 Å². The minimum atomic E-state index is -0.218. The Morgan fingerprint density at radius 3 is 2.10 bits per heavy atom. The van der Waals surface area contributed by atoms with Gasteiger partial charge in [0.1, 0.15) is 5.60 Å². The summed E-state index contributed by atoms with van der Waals surface area (Å²) in [6.45, 7) is 21.5. The van der Waals surface area contributed by atoms with Gasteiger partial charge >= 0.3 is 5.97 Å². The van der Waals surface area contributed by atoms with Gasteiger partial charge in [0, 0.05) is 0 Å². The molecule has 178 valence electrons. The Bertz CT molecular complexity index is 678. The fourth-order valence-corrected chi connectivity index (χ4v) is 9.65. The number of ether oxygens (including phenoxy) is 1. The molecule has 4 aliphatic carbocycles. The summed E-state index contributed by atoms with van der Waals surface area (Å²) in [5, 5.41) is 0. The fraction of sp³-hybridized carbons (Fsp3) is 0.966. The molecule has 0 aliphatic heterocycles. The number of hydrogen-bond acceptors (Lipinski definition) is 2. The van der Waals surface area contributed by atoms with E-state index >= 15 is 0 Å². The molecule has 4 bridgehead atoms. The van der Waals surface area contributed by atoms with E-state index in [9.17, 15) is 4.79 Å². The molecule has 4 fully saturated rings. The molecule has 10 atom stereocenters. The lowest BCUT2D eigenvalue weighted by Crippen LogP contribution is -2.55. The lowest BCUT2D eigenvalue weighted by atomic mass is 9.56. The number of carbonyl (C=O) groups excluding carboxylic acids is 1. The van der Waals surface area contributed by atoms with E-state index in [1.54, 1.807) is 0 Å². The summed E-state index contributed by atoms with van der Waals surface area (Å²) in [6, 6.07) is 0. The quantitative estimate of drug-likeness (QED) is 0.428. The number of rotatable bonds is 3. The summed E-state index contributed by atoms with van der Waals surface area (Å²) in [6.07, 6.45) is 8.44. The molecule has 0 amide bonds. The minimum absolute atomic E-state index is 0.127. The van der Waals surface area contributed by atoms with Gasteiger partial charge < -0.3 is 4.74 Å². The van der Waals surface area contributed by atoms with Crippen molar-refractivity contribution in [1.82, 2.24) is 0 Å². The molecule has 31 heavy (non-hydrogen) atoms. The molecule has 10 unspecified atom stereocenters. The normalized spacial score (nSPS) is 47.5. The fourth-order valence-electron chi connectivity index (χ4n) is 9.65. The lowest BCUT2D eigenvalue weighted by molar-refractivity contribution is -0.199. The van der Waals surface area contributed by atoms with Crippen LogP contribution < -0.4 is 0 Å². The summed E-state index contributed by atoms with van der Waals surface area (Å²) < 4.78 is 6.75. The van der Waals surface area contributed by atoms with Crippen molar-refractivity contribution in [1.29, 1.82) is 0 Å². The Kier molecular flexibility index (Phi) is 5.92. The number of fused-ring (bicyclic) bond motifs is 4. The van der Waals surface area contributed by atoms with Crippen LogP contribution in [0.5, 0.6) is 0 Å². The topological polar surface area (TPSA) is 26.3 Å². The predicted octanol–water partition coefficient (Wildman–Crippen LogP) is 7.75. The molecule has 4 rings (SSSR count). The van der Waals surface area contributed by atoms with Crippen molar-refractivity contribution in [3.8, 4) is 0 Å². The van der Waals surface area contributed by atoms with Crippen LogP contribution in [0.3, 0.4) is 0 Å². The minimum Gasteiger partial charge on any atom is -0.458 e. The highest BCUT2D eigenvalue weighted by atomic mass is 16.6. The average Bonchev–Trinajstić information content (AvgIpc) is 3.22. The summed E-state index contributed by atoms with van der Waals surface area (Å²) in [4.78, 5) is 13.9. The molecular weight excluding hydrogens is 380 g/mol. The molecule has 0 spiro atoms. The highest BCUT2D eigenvalue weighted by Crippen LogP contribution is 2.65. The smallest absolute Gasteiger partial charge is 0.309 e. The number of carbonyl (C=O) groups is 1. The zero-order valence-electron chi connectivity index (χ0n) is 22.0. The van der Waals surface area contributed by atoms with Gasteiger partial charge in [0.2, 0.25) is 0 Å². The Labute approximate surface area is 192 Å². The molecule has 0 N–H and O–H groups in total. The summed E-state index contributed by atoms with van der Waals surface area (Å²) in [5.74, 6) is 5.51. The Morgan fingerprint density at radius 2 is 1.52 bits per heavy atom. The zero-order chi connectivity index (χ0) is 22.9. The maximum atomic E-state index is 13.9. The third-order valence-electron chi connectivity index (χ3n) is 10.4. The van der Waals surface area contributed by atoms with Gasteiger partial charge in [-0.1, -0.05) is 62.3 Å². The van der Waals surface area contributed by atoms with Crippen molar-refractivity contribution in [3.05, 3.63) is 0 Å². The highest BCUT2D eigenvalue weighted by molar-refractivity contribution is 5.74. The maximum absolute atomic E-state index is 13.9. The van der Waals surface area contributed by atoms with Crippen molar-refractivity contribution in [2.24, 2.45) is 64.1 Å². The SMILES string of the molecule is CCC1(OC(=O)C2CC3CC2C(C(C)(C)C)C3C(C)(C)C)C(C)CC2CC(C)CC1C2. The van der Waals surface area contributed by atoms with E-state index in [1.165, 1.54) is 32.1 Å². The number of hydrogen-bond donors (Lipinski definition) is 0. The molecule has 4 saturated carbocycles. The Morgan fingerprint density at radius 1 is 0.871 bits per heavy atom. The molecule has 2 heteroatoms. The van der Waals surface area contributed by atoms with E-state index in [1.807, 2.05) is 0 Å². The van der Waals surface area contributed by atoms with Gasteiger partial charge in [-0.3, -0.25) is 4.79 Å². The second-order valence-electron chi connectivity index (χ2n) is 14.5. The summed E-state index contributed by atoms with van der Waals surface area (Å²) in [7, 11) is 0. The average molecular weight is 431 g/mol. The van der Waals surface area contributed by atoms with Gasteiger partial charge in [-0.2, -0.15) is 0 Å². The second kappa shape index (κ2) is 7.76. The van der Waals surface area contributed by atoms with Crippen LogP contribution in [0.25, 0.3) is 0 Å². The Balaban J connectivity index is 1.56. The van der Waals surface area contributed by atoms with Crippen molar-refractivity contribution in [3.63, 3.8) is 0 Å². The van der Waals surface area contributed by atoms with Gasteiger partial charge in [-0.15, -0.1) is 0 Å². The van der Waals surface area contributed by atoms with Gasteiger partial charge in [0.25, 0.3) is 0 Å². The monoisotopic (exact) mass is 430 g/mol. The van der Waals surface area contributed by atoms with Crippen LogP contribution in [0.1, 0.15) is 107 Å². The van der Waals surface area contributed by atoms with Gasteiger partial charge in [0.15, 0.2) is 0 Å². The van der Waals surface area contributed by atoms with Crippen LogP contribution >= 0.6 is 0 Å². The first-order valence-corrected chi connectivity index (χ1v) is 13.5. The molecule has 0 heterocycles. The highest BCUT2D eigenvalue weighted by Gasteiger charge is 2.61. The summed E-state index contributed by atoms with van der Waals surface area (Å²) >= 11 is 0. The number of esters is 1. The van der Waals surface area contributed by atoms with Crippen LogP contribution in [0.4, 0.5) is 0 Å². The van der Waals surface area contributed by atoms with Gasteiger partial charge in [-0.05, 0) is 103 Å². The van der Waals surface area contributed by atoms with E-state index in [2.05, 4.69) is 62.3 Å². The lowest BCUT2D eigenvalue weighted by Gasteiger charge is -2.54. The van der Waals surface area contributed by atoms with Crippen molar-refractivity contribution < 1.29 is 9.53 Å². The molecule has 2 nitrogen and oxygen atoms in total. The van der Waals surface area contributed by atoms with E-state index in [4.69, 9.17) is 4.74 Å². The third-order valence-corrected chi connectivity index (χ3v) is 10.4. The molecule has 0 aromatic heterocycles. The van der Waals surface area contributed by atoms with Crippen molar-refractivity contribution in [2.75, 3.05) is 0 Å². The first-order valence-electron chi connectivity index (χ1n) is 13.5. The van der Waals surface area contributed by atoms with Crippen LogP contribution in [0.15, 0.2) is 0 Å². The third kappa shape index (κ3) is 3.90. The van der Waals surface area contributed by atoms with Gasteiger partial charge in [-0.25, -0.2) is 0 Å². The zero-order valence-corrected chi connectivity index (χ0v) is 22.0. The van der Waals surface area contributed by atoms with Crippen molar-refractivity contribution in [2.45, 2.75) is 113 Å². The summed E-state index contributed by atoms with van der Waals surface area (Å²) in [5.41, 5.74) is 0.329. The molecule has 0 aromatic carbocycles. The van der Waals surface area contributed by atoms with E-state index in [-0.39, 0.29) is 22.9 Å². The molecule has 0 saturated heterocycles. The molecular formula is C29H50O2. The predicted molar refractivity (Wildman–Crippen MR) is 128 cm³/mol. The van der Waals surface area contributed by atoms with E-state index in [0.717, 1.165) is 30.6 Å². The van der Waals surface area contributed by atoms with Crippen LogP contribution in [0.2, 0.25) is 0 Å². The second-order valence-corrected chi connectivity index (χ2v) is 14.5. The van der Waals surface area contributed by atoms with E-state index in [0.29, 0.717) is 35.0 Å². The Hall–Kier alpha value is -0.530. The maximum Gasteiger partial charge on any atom is 0.309 e. The standard InChI is InChI=1S/C29H50O2/c1-10-29(18(3)13-19-11-17(2)12-21(29)14-19)31-26(30)23-16-20-15-22(23)25(28(7,8)9)24(20)27(4,5)6/h17-25H,10-16H2,1-9H3. The van der Waals surface area contributed by atoms with Crippen LogP contribution in [-0.2, 0) is 9.53 Å². The first-order chi connectivity index (χ1) is 14.3. The molecule has 0 aromatic rings. The van der Waals surface area contributed by atoms with Crippen molar-refractivity contribution >= 4 is 5.97 Å². The molecule has 4 aliphatic rings. The largest absolute Gasteiger partial charge is 0.458 e. The van der Waals surface area contributed by atoms with E-state index < -0.39 is 0 Å². The van der Waals surface area contributed by atoms with Crippen LogP contribution in [0, 0.1) is 64.1 Å². The first kappa shape index (κ1) is 23.6. The van der Waals surface area contributed by atoms with Gasteiger partial charge in [0.05, 0.1) is 5.92 Å².